The van der Waals surface area contributed by atoms with Crippen molar-refractivity contribution in [2.24, 2.45) is 5.73 Å². The molecule has 2 heterocycles. The van der Waals surface area contributed by atoms with E-state index in [0.717, 1.165) is 12.8 Å². The number of carbonyl (C=O) groups is 1. The molecule has 1 fully saturated rings. The fraction of sp³-hybridized carbons (Fsp3) is 0.667. The number of nitrogens with one attached hydrogen (secondary N) is 1. The SMILES string of the molecule is CC(Cn1cccn1)NC(=O)C1CCC(CN)O1. The van der Waals surface area contributed by atoms with E-state index in [-0.39, 0.29) is 24.2 Å². The maximum absolute atomic E-state index is 11.9. The highest BCUT2D eigenvalue weighted by Gasteiger charge is 2.30. The van der Waals surface area contributed by atoms with E-state index in [1.165, 1.54) is 0 Å². The summed E-state index contributed by atoms with van der Waals surface area (Å²) < 4.78 is 7.34. The average molecular weight is 252 g/mol. The number of hydrogen-bond acceptors (Lipinski definition) is 4. The normalized spacial score (nSPS) is 25.0. The summed E-state index contributed by atoms with van der Waals surface area (Å²) in [5, 5.41) is 7.04. The maximum atomic E-state index is 11.9. The number of amides is 1. The zero-order valence-corrected chi connectivity index (χ0v) is 10.6. The molecule has 1 aliphatic heterocycles. The highest BCUT2D eigenvalue weighted by atomic mass is 16.5. The summed E-state index contributed by atoms with van der Waals surface area (Å²) in [4.78, 5) is 11.9. The smallest absolute Gasteiger partial charge is 0.249 e. The summed E-state index contributed by atoms with van der Waals surface area (Å²) >= 11 is 0. The van der Waals surface area contributed by atoms with Crippen molar-refractivity contribution in [3.05, 3.63) is 18.5 Å². The number of carbonyl (C=O) groups excluding carboxylic acids is 1. The van der Waals surface area contributed by atoms with Crippen molar-refractivity contribution < 1.29 is 9.53 Å². The van der Waals surface area contributed by atoms with Gasteiger partial charge in [0, 0.05) is 25.0 Å². The van der Waals surface area contributed by atoms with Crippen LogP contribution in [-0.2, 0) is 16.1 Å². The second-order valence-corrected chi connectivity index (χ2v) is 4.70. The Labute approximate surface area is 106 Å². The van der Waals surface area contributed by atoms with Crippen molar-refractivity contribution >= 4 is 5.91 Å². The molecule has 2 rings (SSSR count). The van der Waals surface area contributed by atoms with Gasteiger partial charge in [-0.05, 0) is 25.8 Å². The topological polar surface area (TPSA) is 82.2 Å². The molecular weight excluding hydrogens is 232 g/mol. The van der Waals surface area contributed by atoms with Crippen LogP contribution in [0.3, 0.4) is 0 Å². The Bertz CT molecular complexity index is 379. The lowest BCUT2D eigenvalue weighted by atomic mass is 10.2. The van der Waals surface area contributed by atoms with Gasteiger partial charge in [0.2, 0.25) is 5.91 Å². The first kappa shape index (κ1) is 13.0. The quantitative estimate of drug-likeness (QED) is 0.766. The van der Waals surface area contributed by atoms with Crippen molar-refractivity contribution in [3.63, 3.8) is 0 Å². The molecule has 0 radical (unpaired) electrons. The van der Waals surface area contributed by atoms with E-state index in [0.29, 0.717) is 13.1 Å². The highest BCUT2D eigenvalue weighted by molar-refractivity contribution is 5.81. The second kappa shape index (κ2) is 5.97. The van der Waals surface area contributed by atoms with Crippen LogP contribution in [0.25, 0.3) is 0 Å². The molecule has 6 nitrogen and oxygen atoms in total. The minimum atomic E-state index is -0.348. The molecule has 1 saturated heterocycles. The zero-order valence-electron chi connectivity index (χ0n) is 10.6. The van der Waals surface area contributed by atoms with E-state index in [9.17, 15) is 4.79 Å². The third-order valence-electron chi connectivity index (χ3n) is 3.07. The van der Waals surface area contributed by atoms with Crippen molar-refractivity contribution in [3.8, 4) is 0 Å². The number of rotatable bonds is 5. The van der Waals surface area contributed by atoms with Gasteiger partial charge in [0.25, 0.3) is 0 Å². The summed E-state index contributed by atoms with van der Waals surface area (Å²) in [7, 11) is 0. The van der Waals surface area contributed by atoms with Crippen LogP contribution in [0.15, 0.2) is 18.5 Å². The van der Waals surface area contributed by atoms with Gasteiger partial charge in [-0.1, -0.05) is 0 Å². The summed E-state index contributed by atoms with van der Waals surface area (Å²) in [5.74, 6) is -0.0504. The van der Waals surface area contributed by atoms with Crippen LogP contribution in [0.5, 0.6) is 0 Å². The molecule has 1 amide bonds. The monoisotopic (exact) mass is 252 g/mol. The van der Waals surface area contributed by atoms with Gasteiger partial charge in [0.1, 0.15) is 6.10 Å². The van der Waals surface area contributed by atoms with E-state index in [2.05, 4.69) is 10.4 Å². The fourth-order valence-electron chi connectivity index (χ4n) is 2.14. The molecule has 100 valence electrons. The Morgan fingerprint density at radius 1 is 1.67 bits per heavy atom. The first-order valence-corrected chi connectivity index (χ1v) is 6.32. The molecular formula is C12H20N4O2. The van der Waals surface area contributed by atoms with Crippen molar-refractivity contribution in [2.45, 2.75) is 44.6 Å². The predicted molar refractivity (Wildman–Crippen MR) is 66.8 cm³/mol. The fourth-order valence-corrected chi connectivity index (χ4v) is 2.14. The van der Waals surface area contributed by atoms with E-state index < -0.39 is 0 Å². The van der Waals surface area contributed by atoms with Crippen LogP contribution >= 0.6 is 0 Å². The number of nitrogens with zero attached hydrogens (tertiary/aromatic N) is 2. The maximum Gasteiger partial charge on any atom is 0.249 e. The molecule has 1 aromatic heterocycles. The number of hydrogen-bond donors (Lipinski definition) is 2. The molecule has 0 aliphatic carbocycles. The van der Waals surface area contributed by atoms with Gasteiger partial charge in [-0.2, -0.15) is 5.10 Å². The molecule has 3 N–H and O–H groups in total. The number of ether oxygens (including phenoxy) is 1. The molecule has 1 aromatic rings. The largest absolute Gasteiger partial charge is 0.364 e. The highest BCUT2D eigenvalue weighted by Crippen LogP contribution is 2.18. The summed E-state index contributed by atoms with van der Waals surface area (Å²) in [5.41, 5.74) is 5.52. The number of nitrogens with two attached hydrogens (primary N) is 1. The molecule has 0 saturated carbocycles. The van der Waals surface area contributed by atoms with Gasteiger partial charge in [-0.15, -0.1) is 0 Å². The van der Waals surface area contributed by atoms with Gasteiger partial charge in [-0.3, -0.25) is 9.48 Å². The van der Waals surface area contributed by atoms with Crippen LogP contribution in [0.4, 0.5) is 0 Å². The first-order chi connectivity index (χ1) is 8.69. The van der Waals surface area contributed by atoms with Crippen LogP contribution in [-0.4, -0.2) is 40.5 Å². The standard InChI is InChI=1S/C12H20N4O2/c1-9(8-16-6-2-5-14-16)15-12(17)11-4-3-10(7-13)18-11/h2,5-6,9-11H,3-4,7-8,13H2,1H3,(H,15,17). The summed E-state index contributed by atoms with van der Waals surface area (Å²) in [6.07, 6.45) is 4.89. The molecule has 3 atom stereocenters. The Morgan fingerprint density at radius 3 is 3.11 bits per heavy atom. The lowest BCUT2D eigenvalue weighted by Crippen LogP contribution is -2.42. The number of aromatic nitrogens is 2. The van der Waals surface area contributed by atoms with Crippen LogP contribution < -0.4 is 11.1 Å². The van der Waals surface area contributed by atoms with Gasteiger partial charge in [0.05, 0.1) is 12.6 Å². The van der Waals surface area contributed by atoms with E-state index in [4.69, 9.17) is 10.5 Å². The van der Waals surface area contributed by atoms with Gasteiger partial charge in [0.15, 0.2) is 0 Å². The first-order valence-electron chi connectivity index (χ1n) is 6.32. The molecule has 6 heteroatoms. The van der Waals surface area contributed by atoms with Crippen molar-refractivity contribution in [1.29, 1.82) is 0 Å². The van der Waals surface area contributed by atoms with Gasteiger partial charge >= 0.3 is 0 Å². The molecule has 3 unspecified atom stereocenters. The third-order valence-corrected chi connectivity index (χ3v) is 3.07. The minimum Gasteiger partial charge on any atom is -0.364 e. The molecule has 18 heavy (non-hydrogen) atoms. The summed E-state index contributed by atoms with van der Waals surface area (Å²) in [6.45, 7) is 3.09. The van der Waals surface area contributed by atoms with Crippen LogP contribution in [0.1, 0.15) is 19.8 Å². The minimum absolute atomic E-state index is 0.0259. The van der Waals surface area contributed by atoms with Crippen LogP contribution in [0.2, 0.25) is 0 Å². The third kappa shape index (κ3) is 3.30. The Hall–Kier alpha value is -1.40. The lowest BCUT2D eigenvalue weighted by molar-refractivity contribution is -0.132. The molecule has 1 aliphatic rings. The zero-order chi connectivity index (χ0) is 13.0. The van der Waals surface area contributed by atoms with E-state index >= 15 is 0 Å². The predicted octanol–water partition coefficient (Wildman–Crippen LogP) is -0.106. The Balaban J connectivity index is 1.77. The van der Waals surface area contributed by atoms with E-state index in [1.807, 2.05) is 19.2 Å². The van der Waals surface area contributed by atoms with Crippen molar-refractivity contribution in [2.75, 3.05) is 6.54 Å². The Kier molecular flexibility index (Phi) is 4.33. The van der Waals surface area contributed by atoms with Crippen LogP contribution in [0, 0.1) is 0 Å². The molecule has 0 aromatic carbocycles. The Morgan fingerprint density at radius 2 is 2.50 bits per heavy atom. The lowest BCUT2D eigenvalue weighted by Gasteiger charge is -2.17. The molecule has 0 spiro atoms. The van der Waals surface area contributed by atoms with Crippen molar-refractivity contribution in [1.82, 2.24) is 15.1 Å². The van der Waals surface area contributed by atoms with E-state index in [1.54, 1.807) is 10.9 Å². The second-order valence-electron chi connectivity index (χ2n) is 4.70. The van der Waals surface area contributed by atoms with Gasteiger partial charge < -0.3 is 15.8 Å². The molecule has 0 bridgehead atoms. The van der Waals surface area contributed by atoms with Gasteiger partial charge in [-0.25, -0.2) is 0 Å². The average Bonchev–Trinajstić information content (AvgIpc) is 2.98. The summed E-state index contributed by atoms with van der Waals surface area (Å²) in [6, 6.07) is 1.89.